The van der Waals surface area contributed by atoms with Crippen LogP contribution in [0.1, 0.15) is 30.5 Å². The number of piperidine rings is 2. The molecule has 2 saturated heterocycles. The normalized spacial score (nSPS) is 34.0. The number of carbonyl (C=O) groups is 1. The standard InChI is InChI=1S/C21H26N2O3.Li/c1-26-9-7-14-10-13-11-21(20(24)25)18-16(6-8-23(12-13)19(14)21)15-4-2-3-5-17(15)22-18;/h2-5,13-14,19,22H,6-12H2,1H3,(H,24,25);/q;+1/p-1/t13?,14-,19-,21+;/m0./s1. The second kappa shape index (κ2) is 6.97. The molecule has 1 aromatic heterocycles. The van der Waals surface area contributed by atoms with Gasteiger partial charge in [0.05, 0.1) is 11.4 Å². The first-order valence-electron chi connectivity index (χ1n) is 9.69. The molecule has 2 unspecified atom stereocenters. The van der Waals surface area contributed by atoms with Crippen LogP contribution in [0.5, 0.6) is 0 Å². The van der Waals surface area contributed by atoms with Crippen LogP contribution in [-0.2, 0) is 21.4 Å². The molecule has 4 aliphatic rings. The van der Waals surface area contributed by atoms with Crippen LogP contribution in [0.15, 0.2) is 24.3 Å². The second-order valence-electron chi connectivity index (χ2n) is 8.32. The van der Waals surface area contributed by atoms with Gasteiger partial charge in [-0.3, -0.25) is 4.90 Å². The number of para-hydroxylation sites is 1. The van der Waals surface area contributed by atoms with Crippen LogP contribution in [0.3, 0.4) is 0 Å². The number of H-pyrrole nitrogens is 1. The molecule has 1 saturated carbocycles. The Morgan fingerprint density at radius 3 is 3.00 bits per heavy atom. The Labute approximate surface area is 171 Å². The summed E-state index contributed by atoms with van der Waals surface area (Å²) in [6.07, 6.45) is 3.61. The van der Waals surface area contributed by atoms with E-state index in [1.54, 1.807) is 7.11 Å². The molecule has 4 heterocycles. The topological polar surface area (TPSA) is 68.4 Å². The maximum atomic E-state index is 12.7. The minimum Gasteiger partial charge on any atom is -0.549 e. The van der Waals surface area contributed by atoms with Gasteiger partial charge in [-0.05, 0) is 49.1 Å². The third-order valence-corrected chi connectivity index (χ3v) is 7.05. The number of benzene rings is 1. The number of carboxylic acid groups (broad SMARTS) is 1. The van der Waals surface area contributed by atoms with Crippen molar-refractivity contribution in [1.82, 2.24) is 9.88 Å². The number of ether oxygens (including phenoxy) is 1. The number of hydrogen-bond acceptors (Lipinski definition) is 4. The van der Waals surface area contributed by atoms with E-state index in [2.05, 4.69) is 16.0 Å². The van der Waals surface area contributed by atoms with Crippen molar-refractivity contribution >= 4 is 16.9 Å². The molecule has 4 bridgehead atoms. The molecule has 138 valence electrons. The van der Waals surface area contributed by atoms with E-state index < -0.39 is 11.4 Å². The molecule has 5 atom stereocenters. The zero-order valence-electron chi connectivity index (χ0n) is 16.2. The average molecular weight is 360 g/mol. The van der Waals surface area contributed by atoms with Gasteiger partial charge in [-0.1, -0.05) is 18.2 Å². The Morgan fingerprint density at radius 1 is 1.41 bits per heavy atom. The fourth-order valence-corrected chi connectivity index (χ4v) is 6.24. The molecule has 27 heavy (non-hydrogen) atoms. The van der Waals surface area contributed by atoms with Crippen molar-refractivity contribution in [3.63, 3.8) is 0 Å². The van der Waals surface area contributed by atoms with Gasteiger partial charge < -0.3 is 19.6 Å². The van der Waals surface area contributed by atoms with E-state index in [1.807, 2.05) is 18.2 Å². The molecule has 0 spiro atoms. The fourth-order valence-electron chi connectivity index (χ4n) is 6.24. The van der Waals surface area contributed by atoms with Crippen molar-refractivity contribution < 1.29 is 33.5 Å². The van der Waals surface area contributed by atoms with E-state index in [9.17, 15) is 9.90 Å². The van der Waals surface area contributed by atoms with Gasteiger partial charge in [-0.2, -0.15) is 0 Å². The smallest absolute Gasteiger partial charge is 0.549 e. The number of carbonyl (C=O) groups excluding carboxylic acids is 1. The van der Waals surface area contributed by atoms with E-state index >= 15 is 0 Å². The maximum absolute atomic E-state index is 12.7. The molecule has 2 aromatic rings. The number of aliphatic carboxylic acids is 1. The van der Waals surface area contributed by atoms with Crippen LogP contribution in [0.25, 0.3) is 10.9 Å². The van der Waals surface area contributed by atoms with Gasteiger partial charge in [0.2, 0.25) is 0 Å². The monoisotopic (exact) mass is 360 g/mol. The minimum absolute atomic E-state index is 0. The van der Waals surface area contributed by atoms with E-state index in [0.717, 1.165) is 43.6 Å². The number of nitrogens with zero attached hydrogens (tertiary/aromatic N) is 1. The molecular weight excluding hydrogens is 335 g/mol. The van der Waals surface area contributed by atoms with Crippen LogP contribution in [-0.4, -0.2) is 48.7 Å². The molecule has 0 amide bonds. The van der Waals surface area contributed by atoms with Crippen LogP contribution in [0, 0.1) is 11.8 Å². The van der Waals surface area contributed by atoms with Crippen molar-refractivity contribution in [3.8, 4) is 0 Å². The van der Waals surface area contributed by atoms with Gasteiger partial charge in [-0.25, -0.2) is 0 Å². The van der Waals surface area contributed by atoms with Gasteiger partial charge in [0, 0.05) is 49.4 Å². The summed E-state index contributed by atoms with van der Waals surface area (Å²) < 4.78 is 5.33. The van der Waals surface area contributed by atoms with Crippen molar-refractivity contribution in [3.05, 3.63) is 35.5 Å². The first kappa shape index (κ1) is 19.1. The van der Waals surface area contributed by atoms with E-state index in [-0.39, 0.29) is 24.9 Å². The number of carboxylic acids is 1. The summed E-state index contributed by atoms with van der Waals surface area (Å²) in [7, 11) is 1.72. The minimum atomic E-state index is -0.926. The number of aromatic nitrogens is 1. The molecule has 5 nitrogen and oxygen atoms in total. The Balaban J connectivity index is 0.00000180. The molecule has 1 aliphatic carbocycles. The van der Waals surface area contributed by atoms with Gasteiger partial charge in [0.1, 0.15) is 0 Å². The van der Waals surface area contributed by atoms with Crippen molar-refractivity contribution in [2.24, 2.45) is 11.8 Å². The fraction of sp³-hybridized carbons (Fsp3) is 0.571. The maximum Gasteiger partial charge on any atom is 1.00 e. The van der Waals surface area contributed by atoms with Crippen molar-refractivity contribution in [1.29, 1.82) is 0 Å². The Hall–Kier alpha value is -1.25. The number of aromatic amines is 1. The molecule has 6 heteroatoms. The summed E-state index contributed by atoms with van der Waals surface area (Å²) in [6.45, 7) is 2.63. The van der Waals surface area contributed by atoms with E-state index in [0.29, 0.717) is 24.9 Å². The molecular formula is C21H25LiN2O3. The molecule has 1 N–H and O–H groups in total. The molecule has 3 aliphatic heterocycles. The molecule has 6 rings (SSSR count). The summed E-state index contributed by atoms with van der Waals surface area (Å²) in [6, 6.07) is 8.20. The van der Waals surface area contributed by atoms with Crippen molar-refractivity contribution in [2.75, 3.05) is 26.8 Å². The predicted octanol–water partition coefficient (Wildman–Crippen LogP) is -1.54. The van der Waals surface area contributed by atoms with Crippen LogP contribution in [0.2, 0.25) is 0 Å². The van der Waals surface area contributed by atoms with Gasteiger partial charge in [0.15, 0.2) is 0 Å². The summed E-state index contributed by atoms with van der Waals surface area (Å²) in [5.41, 5.74) is 2.22. The van der Waals surface area contributed by atoms with Gasteiger partial charge in [-0.15, -0.1) is 0 Å². The van der Waals surface area contributed by atoms with Gasteiger partial charge in [0.25, 0.3) is 0 Å². The van der Waals surface area contributed by atoms with E-state index in [1.165, 1.54) is 10.9 Å². The van der Waals surface area contributed by atoms with E-state index in [4.69, 9.17) is 4.74 Å². The van der Waals surface area contributed by atoms with Crippen molar-refractivity contribution in [2.45, 2.75) is 37.1 Å². The Kier molecular flexibility index (Phi) is 4.93. The third-order valence-electron chi connectivity index (χ3n) is 7.05. The second-order valence-corrected chi connectivity index (χ2v) is 8.32. The number of methoxy groups -OCH3 is 1. The predicted molar refractivity (Wildman–Crippen MR) is 96.8 cm³/mol. The van der Waals surface area contributed by atoms with Crippen LogP contribution >= 0.6 is 0 Å². The first-order chi connectivity index (χ1) is 12.6. The largest absolute Gasteiger partial charge is 1.00 e. The average Bonchev–Trinajstić information content (AvgIpc) is 2.99. The summed E-state index contributed by atoms with van der Waals surface area (Å²) in [5.74, 6) is -0.149. The van der Waals surface area contributed by atoms with Crippen LogP contribution < -0.4 is 24.0 Å². The van der Waals surface area contributed by atoms with Crippen LogP contribution in [0.4, 0.5) is 0 Å². The summed E-state index contributed by atoms with van der Waals surface area (Å²) in [5, 5.41) is 13.9. The SMILES string of the molecule is COCC[C@H]1CC2CN3CCc4c([nH]c5ccccc45)[C@](C(=O)[O-])(C2)[C@H]13.[Li+]. The number of fused-ring (bicyclic) bond motifs is 4. The Morgan fingerprint density at radius 2 is 2.22 bits per heavy atom. The molecule has 3 fully saturated rings. The third kappa shape index (κ3) is 2.63. The number of nitrogens with one attached hydrogen (secondary N) is 1. The summed E-state index contributed by atoms with van der Waals surface area (Å²) >= 11 is 0. The summed E-state index contributed by atoms with van der Waals surface area (Å²) in [4.78, 5) is 18.7. The first-order valence-corrected chi connectivity index (χ1v) is 9.69. The Bertz CT molecular complexity index is 866. The number of rotatable bonds is 4. The number of hydrogen-bond donors (Lipinski definition) is 1. The molecule has 0 radical (unpaired) electrons. The zero-order valence-corrected chi connectivity index (χ0v) is 16.2. The molecule has 1 aromatic carbocycles. The zero-order chi connectivity index (χ0) is 17.9. The quantitative estimate of drug-likeness (QED) is 0.672. The van der Waals surface area contributed by atoms with Gasteiger partial charge >= 0.3 is 18.9 Å².